The van der Waals surface area contributed by atoms with Crippen molar-refractivity contribution >= 4 is 23.2 Å². The van der Waals surface area contributed by atoms with Crippen LogP contribution in [0, 0.1) is 0 Å². The van der Waals surface area contributed by atoms with Gasteiger partial charge in [-0.1, -0.05) is 18.2 Å². The summed E-state index contributed by atoms with van der Waals surface area (Å²) in [6.07, 6.45) is 1.66. The van der Waals surface area contributed by atoms with Crippen LogP contribution >= 0.6 is 0 Å². The second kappa shape index (κ2) is 7.82. The summed E-state index contributed by atoms with van der Waals surface area (Å²) in [4.78, 5) is 29.3. The number of nitrogens with zero attached hydrogens (tertiary/aromatic N) is 6. The molecule has 0 atom stereocenters. The fraction of sp³-hybridized carbons (Fsp3) is 0.450. The first-order valence-electron chi connectivity index (χ1n) is 9.58. The lowest BCUT2D eigenvalue weighted by Gasteiger charge is -2.37. The zero-order chi connectivity index (χ0) is 18.6. The molecule has 0 aliphatic carbocycles. The normalized spacial score (nSPS) is 18.0. The van der Waals surface area contributed by atoms with Crippen LogP contribution in [-0.2, 0) is 4.79 Å². The van der Waals surface area contributed by atoms with Crippen LogP contribution in [0.3, 0.4) is 0 Å². The molecule has 2 saturated heterocycles. The highest BCUT2D eigenvalue weighted by molar-refractivity contribution is 5.73. The molecule has 2 fully saturated rings. The van der Waals surface area contributed by atoms with Crippen molar-refractivity contribution < 1.29 is 4.79 Å². The summed E-state index contributed by atoms with van der Waals surface area (Å²) >= 11 is 0. The molecular formula is C20H26N6O. The molecule has 4 rings (SSSR count). The number of piperazine rings is 2. The number of hydrogen-bond acceptors (Lipinski definition) is 6. The van der Waals surface area contributed by atoms with Crippen molar-refractivity contribution in [3.8, 4) is 0 Å². The number of para-hydroxylation sites is 1. The standard InChI is InChI=1S/C20H26N6O/c1-17(27)23-7-11-25(12-8-23)19-15-20(22-16-21-19)26-13-9-24(10-14-26)18-5-3-2-4-6-18/h2-6,15-16H,7-14H2,1H3. The topological polar surface area (TPSA) is 55.8 Å². The van der Waals surface area contributed by atoms with E-state index < -0.39 is 0 Å². The van der Waals surface area contributed by atoms with Crippen molar-refractivity contribution in [2.45, 2.75) is 6.92 Å². The molecule has 27 heavy (non-hydrogen) atoms. The molecule has 2 aliphatic rings. The Balaban J connectivity index is 1.38. The van der Waals surface area contributed by atoms with Crippen molar-refractivity contribution in [3.05, 3.63) is 42.7 Å². The minimum atomic E-state index is 0.148. The Bertz CT molecular complexity index is 767. The van der Waals surface area contributed by atoms with Gasteiger partial charge in [0.05, 0.1) is 0 Å². The minimum absolute atomic E-state index is 0.148. The Kier molecular flexibility index (Phi) is 5.09. The van der Waals surface area contributed by atoms with Gasteiger partial charge < -0.3 is 19.6 Å². The van der Waals surface area contributed by atoms with Gasteiger partial charge in [-0.05, 0) is 12.1 Å². The zero-order valence-electron chi connectivity index (χ0n) is 15.8. The van der Waals surface area contributed by atoms with Crippen LogP contribution in [0.15, 0.2) is 42.7 Å². The SMILES string of the molecule is CC(=O)N1CCN(c2cc(N3CCN(c4ccccc4)CC3)ncn2)CC1. The highest BCUT2D eigenvalue weighted by Gasteiger charge is 2.22. The molecule has 2 aromatic rings. The van der Waals surface area contributed by atoms with Crippen LogP contribution < -0.4 is 14.7 Å². The van der Waals surface area contributed by atoms with E-state index in [1.54, 1.807) is 13.3 Å². The second-order valence-electron chi connectivity index (χ2n) is 7.04. The van der Waals surface area contributed by atoms with E-state index in [0.29, 0.717) is 0 Å². The second-order valence-corrected chi connectivity index (χ2v) is 7.04. The van der Waals surface area contributed by atoms with E-state index in [0.717, 1.165) is 64.0 Å². The predicted molar refractivity (Wildman–Crippen MR) is 107 cm³/mol. The van der Waals surface area contributed by atoms with Gasteiger partial charge in [-0.3, -0.25) is 4.79 Å². The average Bonchev–Trinajstić information content (AvgIpc) is 2.75. The molecule has 0 radical (unpaired) electrons. The molecule has 0 bridgehead atoms. The molecule has 142 valence electrons. The maximum atomic E-state index is 11.5. The summed E-state index contributed by atoms with van der Waals surface area (Å²) in [5.74, 6) is 2.09. The van der Waals surface area contributed by atoms with Crippen molar-refractivity contribution in [1.29, 1.82) is 0 Å². The third-order valence-corrected chi connectivity index (χ3v) is 5.41. The molecular weight excluding hydrogens is 340 g/mol. The number of hydrogen-bond donors (Lipinski definition) is 0. The summed E-state index contributed by atoms with van der Waals surface area (Å²) in [7, 11) is 0. The number of amides is 1. The van der Waals surface area contributed by atoms with Crippen LogP contribution in [0.1, 0.15) is 6.92 Å². The van der Waals surface area contributed by atoms with Gasteiger partial charge in [0.25, 0.3) is 0 Å². The molecule has 3 heterocycles. The molecule has 0 saturated carbocycles. The molecule has 7 heteroatoms. The van der Waals surface area contributed by atoms with Gasteiger partial charge in [-0.25, -0.2) is 9.97 Å². The van der Waals surface area contributed by atoms with Gasteiger partial charge in [0, 0.05) is 71.0 Å². The number of benzene rings is 1. The van der Waals surface area contributed by atoms with Gasteiger partial charge in [-0.15, -0.1) is 0 Å². The number of rotatable bonds is 3. The lowest BCUT2D eigenvalue weighted by molar-refractivity contribution is -0.129. The van der Waals surface area contributed by atoms with E-state index in [1.807, 2.05) is 4.90 Å². The van der Waals surface area contributed by atoms with Crippen LogP contribution in [-0.4, -0.2) is 73.1 Å². The zero-order valence-corrected chi connectivity index (χ0v) is 15.8. The largest absolute Gasteiger partial charge is 0.368 e. The van der Waals surface area contributed by atoms with E-state index in [4.69, 9.17) is 0 Å². The maximum absolute atomic E-state index is 11.5. The molecule has 2 aliphatic heterocycles. The Labute approximate surface area is 160 Å². The van der Waals surface area contributed by atoms with Gasteiger partial charge >= 0.3 is 0 Å². The number of aromatic nitrogens is 2. The predicted octanol–water partition coefficient (Wildman–Crippen LogP) is 1.47. The van der Waals surface area contributed by atoms with Crippen LogP contribution in [0.2, 0.25) is 0 Å². The van der Waals surface area contributed by atoms with Crippen LogP contribution in [0.4, 0.5) is 17.3 Å². The summed E-state index contributed by atoms with van der Waals surface area (Å²) in [6, 6.07) is 12.6. The highest BCUT2D eigenvalue weighted by Crippen LogP contribution is 2.22. The first kappa shape index (κ1) is 17.6. The first-order chi connectivity index (χ1) is 13.2. The average molecular weight is 366 g/mol. The van der Waals surface area contributed by atoms with E-state index in [1.165, 1.54) is 5.69 Å². The first-order valence-corrected chi connectivity index (χ1v) is 9.58. The lowest BCUT2D eigenvalue weighted by atomic mass is 10.2. The van der Waals surface area contributed by atoms with Gasteiger partial charge in [0.15, 0.2) is 0 Å². The summed E-state index contributed by atoms with van der Waals surface area (Å²) < 4.78 is 0. The maximum Gasteiger partial charge on any atom is 0.219 e. The van der Waals surface area contributed by atoms with Crippen molar-refractivity contribution in [2.24, 2.45) is 0 Å². The molecule has 0 unspecified atom stereocenters. The fourth-order valence-corrected chi connectivity index (χ4v) is 3.77. The monoisotopic (exact) mass is 366 g/mol. The molecule has 1 aromatic carbocycles. The molecule has 1 aromatic heterocycles. The van der Waals surface area contributed by atoms with Crippen molar-refractivity contribution in [2.75, 3.05) is 67.1 Å². The highest BCUT2D eigenvalue weighted by atomic mass is 16.2. The van der Waals surface area contributed by atoms with E-state index in [-0.39, 0.29) is 5.91 Å². The Hall–Kier alpha value is -2.83. The fourth-order valence-electron chi connectivity index (χ4n) is 3.77. The third kappa shape index (κ3) is 3.97. The lowest BCUT2D eigenvalue weighted by Crippen LogP contribution is -2.48. The summed E-state index contributed by atoms with van der Waals surface area (Å²) in [5, 5.41) is 0. The smallest absolute Gasteiger partial charge is 0.219 e. The quantitative estimate of drug-likeness (QED) is 0.820. The number of carbonyl (C=O) groups is 1. The molecule has 1 amide bonds. The van der Waals surface area contributed by atoms with Crippen LogP contribution in [0.25, 0.3) is 0 Å². The molecule has 0 N–H and O–H groups in total. The van der Waals surface area contributed by atoms with Gasteiger partial charge in [0.1, 0.15) is 18.0 Å². The van der Waals surface area contributed by atoms with E-state index in [9.17, 15) is 4.79 Å². The van der Waals surface area contributed by atoms with E-state index >= 15 is 0 Å². The van der Waals surface area contributed by atoms with Crippen molar-refractivity contribution in [3.63, 3.8) is 0 Å². The number of anilines is 3. The summed E-state index contributed by atoms with van der Waals surface area (Å²) in [5.41, 5.74) is 1.28. The molecule has 0 spiro atoms. The molecule has 7 nitrogen and oxygen atoms in total. The Morgan fingerprint density at radius 2 is 1.30 bits per heavy atom. The van der Waals surface area contributed by atoms with Crippen LogP contribution in [0.5, 0.6) is 0 Å². The minimum Gasteiger partial charge on any atom is -0.368 e. The van der Waals surface area contributed by atoms with Crippen molar-refractivity contribution in [1.82, 2.24) is 14.9 Å². The summed E-state index contributed by atoms with van der Waals surface area (Å²) in [6.45, 7) is 8.65. The Morgan fingerprint density at radius 1 is 0.778 bits per heavy atom. The van der Waals surface area contributed by atoms with Gasteiger partial charge in [-0.2, -0.15) is 0 Å². The van der Waals surface area contributed by atoms with E-state index in [2.05, 4.69) is 61.1 Å². The Morgan fingerprint density at radius 3 is 1.85 bits per heavy atom. The number of carbonyl (C=O) groups excluding carboxylic acids is 1. The van der Waals surface area contributed by atoms with Gasteiger partial charge in [0.2, 0.25) is 5.91 Å². The third-order valence-electron chi connectivity index (χ3n) is 5.41.